The Bertz CT molecular complexity index is 1130. The highest BCUT2D eigenvalue weighted by atomic mass is 79.9. The molecule has 0 radical (unpaired) electrons. The Morgan fingerprint density at radius 1 is 1.20 bits per heavy atom. The number of hydrogen-bond donors (Lipinski definition) is 3. The molecule has 2 aromatic carbocycles. The summed E-state index contributed by atoms with van der Waals surface area (Å²) in [6, 6.07) is 6.94. The van der Waals surface area contributed by atoms with Gasteiger partial charge in [-0.1, -0.05) is 0 Å². The molecule has 30 heavy (non-hydrogen) atoms. The molecule has 2 aromatic rings. The van der Waals surface area contributed by atoms with Crippen molar-refractivity contribution >= 4 is 78.7 Å². The van der Waals surface area contributed by atoms with Gasteiger partial charge in [-0.25, -0.2) is 4.79 Å². The molecule has 11 heteroatoms. The summed E-state index contributed by atoms with van der Waals surface area (Å²) in [6.45, 7) is 0. The molecule has 1 fully saturated rings. The minimum atomic E-state index is -1.11. The maximum absolute atomic E-state index is 13.1. The van der Waals surface area contributed by atoms with Crippen molar-refractivity contribution in [3.63, 3.8) is 0 Å². The van der Waals surface area contributed by atoms with Gasteiger partial charge in [-0.3, -0.25) is 19.8 Å². The highest BCUT2D eigenvalue weighted by Crippen LogP contribution is 2.42. The normalized spacial score (nSPS) is 15.4. The Labute approximate surface area is 192 Å². The predicted octanol–water partition coefficient (Wildman–Crippen LogP) is 3.46. The lowest BCUT2D eigenvalue weighted by atomic mass is 10.1. The minimum absolute atomic E-state index is 0.0406. The molecule has 154 valence electrons. The number of hydrogen-bond acceptors (Lipinski definition) is 6. The summed E-state index contributed by atoms with van der Waals surface area (Å²) in [6.07, 6.45) is 1.33. The van der Waals surface area contributed by atoms with E-state index in [1.54, 1.807) is 0 Å². The molecule has 0 saturated carbocycles. The summed E-state index contributed by atoms with van der Waals surface area (Å²) in [5, 5.41) is 21.4. The number of rotatable bonds is 4. The van der Waals surface area contributed by atoms with Gasteiger partial charge in [0.15, 0.2) is 16.6 Å². The molecular formula is C19H12Br2N2O6S. The Hall–Kier alpha value is -2.76. The van der Waals surface area contributed by atoms with E-state index in [9.17, 15) is 19.5 Å². The summed E-state index contributed by atoms with van der Waals surface area (Å²) < 4.78 is 5.80. The number of nitrogens with zero attached hydrogens (tertiary/aromatic N) is 1. The van der Waals surface area contributed by atoms with Crippen LogP contribution < -0.4 is 15.0 Å². The first-order valence-electron chi connectivity index (χ1n) is 8.15. The molecule has 0 atom stereocenters. The van der Waals surface area contributed by atoms with E-state index in [0.717, 1.165) is 4.90 Å². The van der Waals surface area contributed by atoms with Gasteiger partial charge in [-0.05, 0) is 86.0 Å². The summed E-state index contributed by atoms with van der Waals surface area (Å²) in [7, 11) is 1.37. The van der Waals surface area contributed by atoms with Crippen LogP contribution in [-0.4, -0.2) is 40.2 Å². The van der Waals surface area contributed by atoms with Crippen molar-refractivity contribution in [2.45, 2.75) is 0 Å². The number of phenols is 1. The van der Waals surface area contributed by atoms with Gasteiger partial charge in [-0.2, -0.15) is 0 Å². The van der Waals surface area contributed by atoms with E-state index in [-0.39, 0.29) is 32.2 Å². The number of phenolic OH excluding ortho intramolecular Hbond substituents is 1. The quantitative estimate of drug-likeness (QED) is 0.300. The zero-order valence-corrected chi connectivity index (χ0v) is 19.1. The highest BCUT2D eigenvalue weighted by molar-refractivity contribution is 9.13. The number of methoxy groups -OCH3 is 1. The number of carbonyl (C=O) groups is 3. The first-order valence-corrected chi connectivity index (χ1v) is 10.1. The molecule has 0 bridgehead atoms. The van der Waals surface area contributed by atoms with E-state index in [1.807, 2.05) is 0 Å². The Balaban J connectivity index is 2.07. The fourth-order valence-corrected chi connectivity index (χ4v) is 3.79. The zero-order valence-electron chi connectivity index (χ0n) is 15.1. The number of carboxylic acids is 1. The fourth-order valence-electron chi connectivity index (χ4n) is 2.67. The summed E-state index contributed by atoms with van der Waals surface area (Å²) >= 11 is 11.7. The molecular weight excluding hydrogens is 544 g/mol. The van der Waals surface area contributed by atoms with Crippen molar-refractivity contribution < 1.29 is 29.3 Å². The second-order valence-corrected chi connectivity index (χ2v) is 7.93. The second kappa shape index (κ2) is 8.54. The van der Waals surface area contributed by atoms with Crippen LogP contribution in [0.5, 0.6) is 11.5 Å². The van der Waals surface area contributed by atoms with Gasteiger partial charge in [0.05, 0.1) is 22.8 Å². The molecule has 0 unspecified atom stereocenters. The molecule has 8 nitrogen and oxygen atoms in total. The van der Waals surface area contributed by atoms with E-state index in [0.29, 0.717) is 15.7 Å². The number of halogens is 2. The SMILES string of the molecule is COc1cc(/C=C2\C(=O)NC(=S)N(c3ccc(C(=O)O)cc3)C2=O)c(Br)c(Br)c1O. The number of nitrogens with one attached hydrogen (secondary N) is 1. The molecule has 1 saturated heterocycles. The minimum Gasteiger partial charge on any atom is -0.503 e. The Kier molecular flexibility index (Phi) is 6.25. The monoisotopic (exact) mass is 554 g/mol. The van der Waals surface area contributed by atoms with Crippen LogP contribution in [0.3, 0.4) is 0 Å². The molecule has 1 aliphatic heterocycles. The van der Waals surface area contributed by atoms with Crippen molar-refractivity contribution in [2.24, 2.45) is 0 Å². The third-order valence-corrected chi connectivity index (χ3v) is 6.61. The van der Waals surface area contributed by atoms with Crippen LogP contribution in [0.1, 0.15) is 15.9 Å². The van der Waals surface area contributed by atoms with E-state index in [4.69, 9.17) is 22.1 Å². The number of benzene rings is 2. The summed E-state index contributed by atoms with van der Waals surface area (Å²) in [4.78, 5) is 37.7. The van der Waals surface area contributed by atoms with E-state index >= 15 is 0 Å². The lowest BCUT2D eigenvalue weighted by Gasteiger charge is -2.29. The molecule has 0 spiro atoms. The highest BCUT2D eigenvalue weighted by Gasteiger charge is 2.35. The van der Waals surface area contributed by atoms with Crippen molar-refractivity contribution in [2.75, 3.05) is 12.0 Å². The van der Waals surface area contributed by atoms with E-state index in [1.165, 1.54) is 43.5 Å². The second-order valence-electron chi connectivity index (χ2n) is 5.95. The first kappa shape index (κ1) is 21.9. The number of aromatic hydroxyl groups is 1. The topological polar surface area (TPSA) is 116 Å². The van der Waals surface area contributed by atoms with Crippen LogP contribution in [-0.2, 0) is 9.59 Å². The average Bonchev–Trinajstić information content (AvgIpc) is 2.71. The number of anilines is 1. The summed E-state index contributed by atoms with van der Waals surface area (Å²) in [5.41, 5.74) is 0.513. The smallest absolute Gasteiger partial charge is 0.335 e. The number of aromatic carboxylic acids is 1. The number of amides is 2. The lowest BCUT2D eigenvalue weighted by Crippen LogP contribution is -2.54. The van der Waals surface area contributed by atoms with E-state index < -0.39 is 17.8 Å². The van der Waals surface area contributed by atoms with Gasteiger partial charge in [0.2, 0.25) is 0 Å². The van der Waals surface area contributed by atoms with Gasteiger partial charge in [0, 0.05) is 4.47 Å². The standard InChI is InChI=1S/C19H12Br2N2O6S/c1-29-12-7-9(13(20)14(21)15(12)24)6-11-16(25)22-19(30)23(17(11)26)10-4-2-8(3-5-10)18(27)28/h2-7,24H,1H3,(H,27,28)(H,22,25,30)/b11-6+. The third-order valence-electron chi connectivity index (χ3n) is 4.17. The van der Waals surface area contributed by atoms with Crippen molar-refractivity contribution in [3.05, 3.63) is 56.0 Å². The van der Waals surface area contributed by atoms with Gasteiger partial charge >= 0.3 is 5.97 Å². The maximum atomic E-state index is 13.1. The number of thiocarbonyl (C=S) groups is 1. The lowest BCUT2D eigenvalue weighted by molar-refractivity contribution is -0.122. The summed E-state index contributed by atoms with van der Waals surface area (Å²) in [5.74, 6) is -2.51. The first-order chi connectivity index (χ1) is 14.1. The van der Waals surface area contributed by atoms with Crippen LogP contribution in [0.2, 0.25) is 0 Å². The molecule has 2 amide bonds. The Morgan fingerprint density at radius 3 is 2.40 bits per heavy atom. The number of carbonyl (C=O) groups excluding carboxylic acids is 2. The van der Waals surface area contributed by atoms with Crippen LogP contribution in [0.4, 0.5) is 5.69 Å². The van der Waals surface area contributed by atoms with Crippen molar-refractivity contribution in [1.82, 2.24) is 5.32 Å². The number of carboxylic acid groups (broad SMARTS) is 1. The predicted molar refractivity (Wildman–Crippen MR) is 120 cm³/mol. The third kappa shape index (κ3) is 3.95. The van der Waals surface area contributed by atoms with Gasteiger partial charge in [0.1, 0.15) is 5.57 Å². The van der Waals surface area contributed by atoms with Gasteiger partial charge in [0.25, 0.3) is 11.8 Å². The van der Waals surface area contributed by atoms with Gasteiger partial charge < -0.3 is 14.9 Å². The average molecular weight is 556 g/mol. The number of ether oxygens (including phenoxy) is 1. The molecule has 1 aliphatic rings. The molecule has 0 aliphatic carbocycles. The molecule has 1 heterocycles. The maximum Gasteiger partial charge on any atom is 0.335 e. The van der Waals surface area contributed by atoms with Crippen LogP contribution in [0.15, 0.2) is 44.9 Å². The molecule has 3 rings (SSSR count). The van der Waals surface area contributed by atoms with Gasteiger partial charge in [-0.15, -0.1) is 0 Å². The molecule has 3 N–H and O–H groups in total. The fraction of sp³-hybridized carbons (Fsp3) is 0.0526. The molecule has 0 aromatic heterocycles. The largest absolute Gasteiger partial charge is 0.503 e. The zero-order chi connectivity index (χ0) is 22.2. The van der Waals surface area contributed by atoms with Crippen LogP contribution >= 0.6 is 44.1 Å². The van der Waals surface area contributed by atoms with Crippen molar-refractivity contribution in [3.8, 4) is 11.5 Å². The van der Waals surface area contributed by atoms with Crippen LogP contribution in [0, 0.1) is 0 Å². The van der Waals surface area contributed by atoms with E-state index in [2.05, 4.69) is 37.2 Å². The van der Waals surface area contributed by atoms with Crippen LogP contribution in [0.25, 0.3) is 6.08 Å². The Morgan fingerprint density at radius 2 is 1.83 bits per heavy atom. The van der Waals surface area contributed by atoms with Crippen molar-refractivity contribution in [1.29, 1.82) is 0 Å².